The molecule has 4 aromatic rings. The number of halogens is 2. The summed E-state index contributed by atoms with van der Waals surface area (Å²) in [6, 6.07) is 9.56. The number of ether oxygens (including phenoxy) is 1. The second kappa shape index (κ2) is 9.14. The molecule has 0 atom stereocenters. The van der Waals surface area contributed by atoms with Crippen LogP contribution in [0.2, 0.25) is 0 Å². The number of anilines is 3. The quantitative estimate of drug-likeness (QED) is 0.478. The van der Waals surface area contributed by atoms with Crippen molar-refractivity contribution in [2.24, 2.45) is 0 Å². The third kappa shape index (κ3) is 4.32. The fourth-order valence-electron chi connectivity index (χ4n) is 4.00. The Labute approximate surface area is 195 Å². The molecule has 8 nitrogen and oxygen atoms in total. The lowest BCUT2D eigenvalue weighted by atomic mass is 10.1. The van der Waals surface area contributed by atoms with E-state index >= 15 is 0 Å². The largest absolute Gasteiger partial charge is 0.496 e. The Kier molecular flexibility index (Phi) is 5.89. The second-order valence-electron chi connectivity index (χ2n) is 8.08. The van der Waals surface area contributed by atoms with Crippen LogP contribution < -0.4 is 15.0 Å². The molecule has 34 heavy (non-hydrogen) atoms. The van der Waals surface area contributed by atoms with E-state index in [-0.39, 0.29) is 17.4 Å². The summed E-state index contributed by atoms with van der Waals surface area (Å²) in [6.45, 7) is 3.77. The second-order valence-corrected chi connectivity index (χ2v) is 8.08. The number of nitrogens with one attached hydrogen (secondary N) is 1. The molecule has 0 saturated carbocycles. The van der Waals surface area contributed by atoms with E-state index in [0.29, 0.717) is 11.3 Å². The summed E-state index contributed by atoms with van der Waals surface area (Å²) in [7, 11) is 3.51. The molecule has 0 spiro atoms. The molecule has 10 heteroatoms. The molecular formula is C24H23F2N7O. The fourth-order valence-corrected chi connectivity index (χ4v) is 4.00. The maximum atomic E-state index is 14.5. The van der Waals surface area contributed by atoms with Gasteiger partial charge in [0.05, 0.1) is 18.8 Å². The molecule has 1 aliphatic heterocycles. The number of fused-ring (bicyclic) bond motifs is 1. The summed E-state index contributed by atoms with van der Waals surface area (Å²) < 4.78 is 33.3. The molecule has 0 aliphatic carbocycles. The van der Waals surface area contributed by atoms with E-state index < -0.39 is 11.6 Å². The Bertz CT molecular complexity index is 1340. The van der Waals surface area contributed by atoms with Crippen LogP contribution in [0.3, 0.4) is 0 Å². The lowest BCUT2D eigenvalue weighted by Crippen LogP contribution is -2.44. The van der Waals surface area contributed by atoms with Gasteiger partial charge in [-0.25, -0.2) is 28.7 Å². The first-order valence-electron chi connectivity index (χ1n) is 10.8. The zero-order valence-corrected chi connectivity index (χ0v) is 18.8. The third-order valence-electron chi connectivity index (χ3n) is 5.84. The van der Waals surface area contributed by atoms with Crippen molar-refractivity contribution < 1.29 is 13.5 Å². The molecule has 5 rings (SSSR count). The van der Waals surface area contributed by atoms with Crippen molar-refractivity contribution in [1.82, 2.24) is 24.8 Å². The van der Waals surface area contributed by atoms with E-state index in [9.17, 15) is 8.78 Å². The van der Waals surface area contributed by atoms with Crippen LogP contribution in [-0.2, 0) is 0 Å². The molecule has 0 radical (unpaired) electrons. The molecule has 1 N–H and O–H groups in total. The fraction of sp³-hybridized carbons (Fsp3) is 0.250. The molecule has 0 bridgehead atoms. The minimum Gasteiger partial charge on any atom is -0.496 e. The molecule has 1 saturated heterocycles. The normalized spacial score (nSPS) is 14.4. The summed E-state index contributed by atoms with van der Waals surface area (Å²) >= 11 is 0. The summed E-state index contributed by atoms with van der Waals surface area (Å²) in [6.07, 6.45) is 2.63. The maximum Gasteiger partial charge on any atom is 0.227 e. The van der Waals surface area contributed by atoms with E-state index in [1.165, 1.54) is 25.3 Å². The Morgan fingerprint density at radius 2 is 1.79 bits per heavy atom. The minimum atomic E-state index is -0.640. The van der Waals surface area contributed by atoms with Gasteiger partial charge < -0.3 is 19.9 Å². The van der Waals surface area contributed by atoms with Crippen LogP contribution in [0, 0.1) is 11.6 Å². The van der Waals surface area contributed by atoms with Gasteiger partial charge in [-0.15, -0.1) is 0 Å². The van der Waals surface area contributed by atoms with Crippen LogP contribution in [0.25, 0.3) is 22.2 Å². The molecule has 0 amide bonds. The predicted molar refractivity (Wildman–Crippen MR) is 126 cm³/mol. The van der Waals surface area contributed by atoms with Gasteiger partial charge in [-0.05, 0) is 37.4 Å². The van der Waals surface area contributed by atoms with Crippen molar-refractivity contribution in [2.75, 3.05) is 50.6 Å². The van der Waals surface area contributed by atoms with E-state index in [2.05, 4.69) is 42.1 Å². The average Bonchev–Trinajstić information content (AvgIpc) is 2.85. The summed E-state index contributed by atoms with van der Waals surface area (Å²) in [5, 5.41) is 4.06. The topological polar surface area (TPSA) is 79.3 Å². The van der Waals surface area contributed by atoms with Crippen LogP contribution in [-0.4, -0.2) is 65.2 Å². The zero-order valence-electron chi connectivity index (χ0n) is 18.8. The highest BCUT2D eigenvalue weighted by Crippen LogP contribution is 2.32. The van der Waals surface area contributed by atoms with Gasteiger partial charge in [0.25, 0.3) is 0 Å². The molecule has 0 unspecified atom stereocenters. The van der Waals surface area contributed by atoms with E-state index in [1.54, 1.807) is 6.33 Å². The van der Waals surface area contributed by atoms with Gasteiger partial charge >= 0.3 is 0 Å². The first-order valence-corrected chi connectivity index (χ1v) is 10.8. The number of likely N-dealkylation sites (N-methyl/N-ethyl adjacent to an activating group) is 1. The first-order chi connectivity index (χ1) is 16.5. The van der Waals surface area contributed by atoms with E-state index in [1.807, 2.05) is 18.2 Å². The standard InChI is InChI=1S/C24H23F2N7O/c1-32-7-9-33(10-8-32)23-17-6-4-16(12-20(17)28-14-29-23)30-24-27-13-19(26)22(31-24)18-5-3-15(25)11-21(18)34-2/h3-6,11-14H,7-10H2,1-2H3,(H,27,30,31). The van der Waals surface area contributed by atoms with Crippen molar-refractivity contribution in [3.63, 3.8) is 0 Å². The summed E-state index contributed by atoms with van der Waals surface area (Å²) in [5.74, 6) is 0.160. The molecule has 2 aromatic carbocycles. The lowest BCUT2D eigenvalue weighted by molar-refractivity contribution is 0.312. The third-order valence-corrected chi connectivity index (χ3v) is 5.84. The number of aromatic nitrogens is 4. The molecular weight excluding hydrogens is 440 g/mol. The molecule has 1 fully saturated rings. The Morgan fingerprint density at radius 1 is 0.971 bits per heavy atom. The number of hydrogen-bond donors (Lipinski definition) is 1. The Hall–Kier alpha value is -3.92. The summed E-state index contributed by atoms with van der Waals surface area (Å²) in [5.41, 5.74) is 1.81. The smallest absolute Gasteiger partial charge is 0.227 e. The Balaban J connectivity index is 1.44. The van der Waals surface area contributed by atoms with E-state index in [4.69, 9.17) is 4.74 Å². The first kappa shape index (κ1) is 21.9. The molecule has 3 heterocycles. The van der Waals surface area contributed by atoms with Crippen LogP contribution in [0.15, 0.2) is 48.9 Å². The molecule has 1 aliphatic rings. The van der Waals surface area contributed by atoms with Gasteiger partial charge in [-0.1, -0.05) is 0 Å². The minimum absolute atomic E-state index is 0.00909. The van der Waals surface area contributed by atoms with Crippen molar-refractivity contribution in [1.29, 1.82) is 0 Å². The highest BCUT2D eigenvalue weighted by atomic mass is 19.1. The van der Waals surface area contributed by atoms with Gasteiger partial charge in [-0.3, -0.25) is 0 Å². The van der Waals surface area contributed by atoms with Crippen LogP contribution >= 0.6 is 0 Å². The maximum absolute atomic E-state index is 14.5. The number of methoxy groups -OCH3 is 1. The average molecular weight is 463 g/mol. The van der Waals surface area contributed by atoms with Crippen LogP contribution in [0.1, 0.15) is 0 Å². The van der Waals surface area contributed by atoms with Gasteiger partial charge in [0, 0.05) is 48.9 Å². The zero-order chi connectivity index (χ0) is 23.7. The van der Waals surface area contributed by atoms with Gasteiger partial charge in [-0.2, -0.15) is 0 Å². The van der Waals surface area contributed by atoms with Crippen molar-refractivity contribution in [3.8, 4) is 17.0 Å². The summed E-state index contributed by atoms with van der Waals surface area (Å²) in [4.78, 5) is 21.9. The highest BCUT2D eigenvalue weighted by molar-refractivity contribution is 5.91. The van der Waals surface area contributed by atoms with Gasteiger partial charge in [0.1, 0.15) is 29.4 Å². The van der Waals surface area contributed by atoms with Crippen molar-refractivity contribution >= 4 is 28.4 Å². The Morgan fingerprint density at radius 3 is 2.59 bits per heavy atom. The van der Waals surface area contributed by atoms with Gasteiger partial charge in [0.2, 0.25) is 5.95 Å². The van der Waals surface area contributed by atoms with Crippen molar-refractivity contribution in [3.05, 3.63) is 60.6 Å². The highest BCUT2D eigenvalue weighted by Gasteiger charge is 2.18. The number of piperazine rings is 1. The van der Waals surface area contributed by atoms with E-state index in [0.717, 1.165) is 49.1 Å². The number of benzene rings is 2. The lowest BCUT2D eigenvalue weighted by Gasteiger charge is -2.33. The SMILES string of the molecule is COc1cc(F)ccc1-c1nc(Nc2ccc3c(N4CCN(C)CC4)ncnc3c2)ncc1F. The number of hydrogen-bond acceptors (Lipinski definition) is 8. The van der Waals surface area contributed by atoms with Gasteiger partial charge in [0.15, 0.2) is 5.82 Å². The van der Waals surface area contributed by atoms with Crippen LogP contribution in [0.5, 0.6) is 5.75 Å². The molecule has 174 valence electrons. The molecule has 2 aromatic heterocycles. The number of nitrogens with zero attached hydrogens (tertiary/aromatic N) is 6. The number of rotatable bonds is 5. The van der Waals surface area contributed by atoms with Crippen LogP contribution in [0.4, 0.5) is 26.2 Å². The monoisotopic (exact) mass is 463 g/mol. The predicted octanol–water partition coefficient (Wildman–Crippen LogP) is 3.87. The van der Waals surface area contributed by atoms with Crippen molar-refractivity contribution in [2.45, 2.75) is 0 Å².